The molecule has 3 heterocycles. The number of fused-ring (bicyclic) bond motifs is 4. The van der Waals surface area contributed by atoms with Crippen molar-refractivity contribution in [3.8, 4) is 17.1 Å². The number of nitrogens with zero attached hydrogens (tertiary/aromatic N) is 6. The van der Waals surface area contributed by atoms with E-state index in [2.05, 4.69) is 71.1 Å². The molecule has 5 rings (SSSR count). The van der Waals surface area contributed by atoms with Crippen LogP contribution in [0.2, 0.25) is 0 Å². The number of carbonyl (C=O) groups is 1. The lowest BCUT2D eigenvalue weighted by Gasteiger charge is -2.35. The van der Waals surface area contributed by atoms with Gasteiger partial charge in [-0.05, 0) is 60.4 Å². The van der Waals surface area contributed by atoms with Gasteiger partial charge in [0.2, 0.25) is 11.8 Å². The van der Waals surface area contributed by atoms with Gasteiger partial charge in [-0.3, -0.25) is 4.79 Å². The van der Waals surface area contributed by atoms with Crippen molar-refractivity contribution in [3.63, 3.8) is 0 Å². The lowest BCUT2D eigenvalue weighted by Crippen LogP contribution is -2.45. The van der Waals surface area contributed by atoms with E-state index in [1.165, 1.54) is 12.1 Å². The van der Waals surface area contributed by atoms with Crippen LogP contribution in [0.3, 0.4) is 0 Å². The van der Waals surface area contributed by atoms with Gasteiger partial charge in [-0.1, -0.05) is 65.8 Å². The summed E-state index contributed by atoms with van der Waals surface area (Å²) in [7, 11) is -2.17. The minimum atomic E-state index is -4.18. The Morgan fingerprint density at radius 2 is 1.58 bits per heavy atom. The summed E-state index contributed by atoms with van der Waals surface area (Å²) in [6.45, 7) is 17.8. The van der Waals surface area contributed by atoms with Crippen LogP contribution in [0.15, 0.2) is 65.8 Å². The number of rotatable bonds is 6. The van der Waals surface area contributed by atoms with E-state index in [0.29, 0.717) is 17.9 Å². The van der Waals surface area contributed by atoms with Crippen LogP contribution in [0.5, 0.6) is 5.88 Å². The molecular weight excluding hydrogens is 674 g/mol. The van der Waals surface area contributed by atoms with Gasteiger partial charge in [0.05, 0.1) is 41.3 Å². The maximum Gasteiger partial charge on any atom is 0.264 e. The van der Waals surface area contributed by atoms with Gasteiger partial charge in [-0.15, -0.1) is 12.4 Å². The largest absolute Gasteiger partial charge is 0.475 e. The number of aryl methyl sites for hydroxylation is 2. The monoisotopic (exact) mass is 721 g/mol. The Hall–Kier alpha value is -4.29. The quantitative estimate of drug-likeness (QED) is 0.222. The van der Waals surface area contributed by atoms with Crippen molar-refractivity contribution in [1.82, 2.24) is 24.8 Å². The molecule has 4 bridgehead atoms. The average molecular weight is 722 g/mol. The Kier molecular flexibility index (Phi) is 11.5. The minimum Gasteiger partial charge on any atom is -0.475 e. The molecule has 1 atom stereocenters. The molecule has 0 spiro atoms. The predicted molar refractivity (Wildman–Crippen MR) is 199 cm³/mol. The number of nitrogens with one attached hydrogen (secondary N) is 1. The Morgan fingerprint density at radius 3 is 2.20 bits per heavy atom. The predicted octanol–water partition coefficient (Wildman–Crippen LogP) is 7.09. The molecule has 0 unspecified atom stereocenters. The summed E-state index contributed by atoms with van der Waals surface area (Å²) in [5, 5.41) is 0. The molecule has 2 aromatic carbocycles. The number of ether oxygens (including phenoxy) is 1. The van der Waals surface area contributed by atoms with Crippen LogP contribution in [0.1, 0.15) is 75.3 Å². The Labute approximate surface area is 302 Å². The summed E-state index contributed by atoms with van der Waals surface area (Å²) in [6, 6.07) is 13.2. The number of anilines is 2. The van der Waals surface area contributed by atoms with E-state index in [0.717, 1.165) is 28.9 Å². The lowest BCUT2D eigenvalue weighted by atomic mass is 9.87. The normalized spacial score (nSPS) is 16.1. The standard InChI is InChI=1S/C37H47N7O4S.ClH/c1-24-12-10-13-25(2)33(24)30-17-32-41-35(40-30)42-49(46,47)29-15-11-14-26(16-29)34(45)44(27(22-48-32)18-36(3,4)5)21-31-38-19-28(20-39-31)43(9)23-37(6,7)8;/h10-17,19-20,27H,18,21-23H2,1-9H3,(H,40,41,42);1H/t27-;/m1./s1. The highest BCUT2D eigenvalue weighted by molar-refractivity contribution is 7.92. The Bertz CT molecular complexity index is 1920. The first-order valence-electron chi connectivity index (χ1n) is 16.4. The maximum atomic E-state index is 14.4. The number of amides is 1. The third kappa shape index (κ3) is 9.48. The zero-order valence-corrected chi connectivity index (χ0v) is 31.9. The first-order valence-corrected chi connectivity index (χ1v) is 17.9. The number of carbonyl (C=O) groups excluding carboxylic acids is 1. The maximum absolute atomic E-state index is 14.4. The third-order valence-electron chi connectivity index (χ3n) is 8.19. The smallest absolute Gasteiger partial charge is 0.264 e. The van der Waals surface area contributed by atoms with Crippen molar-refractivity contribution in [3.05, 3.63) is 83.4 Å². The lowest BCUT2D eigenvalue weighted by molar-refractivity contribution is 0.0505. The molecule has 4 aromatic rings. The number of sulfonamides is 1. The highest BCUT2D eigenvalue weighted by Crippen LogP contribution is 2.32. The molecule has 13 heteroatoms. The molecule has 0 saturated heterocycles. The zero-order chi connectivity index (χ0) is 35.7. The van der Waals surface area contributed by atoms with Gasteiger partial charge >= 0.3 is 0 Å². The van der Waals surface area contributed by atoms with Gasteiger partial charge < -0.3 is 14.5 Å². The second-order valence-electron chi connectivity index (χ2n) is 15.3. The summed E-state index contributed by atoms with van der Waals surface area (Å²) >= 11 is 0. The second kappa shape index (κ2) is 14.9. The molecule has 50 heavy (non-hydrogen) atoms. The Morgan fingerprint density at radius 1 is 0.940 bits per heavy atom. The van der Waals surface area contributed by atoms with Gasteiger partial charge in [0.15, 0.2) is 0 Å². The minimum absolute atomic E-state index is 0. The van der Waals surface area contributed by atoms with Crippen molar-refractivity contribution in [2.75, 3.05) is 29.8 Å². The molecular formula is C37H48ClN7O4S. The fourth-order valence-electron chi connectivity index (χ4n) is 6.13. The number of aromatic nitrogens is 4. The molecule has 0 radical (unpaired) electrons. The molecule has 0 aliphatic carbocycles. The molecule has 0 fully saturated rings. The van der Waals surface area contributed by atoms with Gasteiger partial charge in [0.25, 0.3) is 15.9 Å². The van der Waals surface area contributed by atoms with Crippen LogP contribution in [0, 0.1) is 24.7 Å². The van der Waals surface area contributed by atoms with E-state index in [1.54, 1.807) is 35.5 Å². The molecule has 1 aliphatic heterocycles. The Balaban J connectivity index is 0.00000562. The van der Waals surface area contributed by atoms with Crippen LogP contribution in [-0.2, 0) is 16.6 Å². The van der Waals surface area contributed by atoms with Crippen molar-refractivity contribution in [1.29, 1.82) is 0 Å². The fourth-order valence-corrected chi connectivity index (χ4v) is 7.12. The van der Waals surface area contributed by atoms with E-state index in [1.807, 2.05) is 39.1 Å². The zero-order valence-electron chi connectivity index (χ0n) is 30.3. The molecule has 1 aliphatic rings. The van der Waals surface area contributed by atoms with Crippen LogP contribution in [-0.4, -0.2) is 65.4 Å². The highest BCUT2D eigenvalue weighted by atomic mass is 35.5. The van der Waals surface area contributed by atoms with E-state index in [-0.39, 0.29) is 64.6 Å². The first kappa shape index (κ1) is 38.5. The van der Waals surface area contributed by atoms with E-state index in [4.69, 9.17) is 4.74 Å². The summed E-state index contributed by atoms with van der Waals surface area (Å²) in [5.74, 6) is 0.155. The van der Waals surface area contributed by atoms with Crippen molar-refractivity contribution >= 4 is 40.0 Å². The van der Waals surface area contributed by atoms with E-state index >= 15 is 0 Å². The molecule has 2 aromatic heterocycles. The number of halogens is 1. The van der Waals surface area contributed by atoms with Crippen LogP contribution >= 0.6 is 12.4 Å². The van der Waals surface area contributed by atoms with Crippen molar-refractivity contribution < 1.29 is 17.9 Å². The number of benzene rings is 2. The average Bonchev–Trinajstić information content (AvgIpc) is 3.00. The summed E-state index contributed by atoms with van der Waals surface area (Å²) in [4.78, 5) is 36.5. The van der Waals surface area contributed by atoms with Gasteiger partial charge in [-0.25, -0.2) is 28.1 Å². The topological polar surface area (TPSA) is 131 Å². The third-order valence-corrected chi connectivity index (χ3v) is 9.51. The number of hydrogen-bond donors (Lipinski definition) is 1. The van der Waals surface area contributed by atoms with Crippen LogP contribution in [0.4, 0.5) is 11.6 Å². The summed E-state index contributed by atoms with van der Waals surface area (Å²) < 4.78 is 36.3. The van der Waals surface area contributed by atoms with Crippen molar-refractivity contribution in [2.24, 2.45) is 10.8 Å². The second-order valence-corrected chi connectivity index (χ2v) is 16.9. The molecule has 1 amide bonds. The van der Waals surface area contributed by atoms with Gasteiger partial charge in [0, 0.05) is 30.8 Å². The van der Waals surface area contributed by atoms with Gasteiger partial charge in [-0.2, -0.15) is 4.98 Å². The molecule has 0 saturated carbocycles. The summed E-state index contributed by atoms with van der Waals surface area (Å²) in [6.07, 6.45) is 4.11. The van der Waals surface area contributed by atoms with E-state index < -0.39 is 16.1 Å². The van der Waals surface area contributed by atoms with Crippen LogP contribution in [0.25, 0.3) is 11.3 Å². The molecule has 11 nitrogen and oxygen atoms in total. The van der Waals surface area contributed by atoms with E-state index in [9.17, 15) is 13.2 Å². The molecule has 268 valence electrons. The molecule has 1 N–H and O–H groups in total. The van der Waals surface area contributed by atoms with Crippen LogP contribution < -0.4 is 14.4 Å². The fraction of sp³-hybridized carbons (Fsp3) is 0.432. The summed E-state index contributed by atoms with van der Waals surface area (Å²) in [5.41, 5.74) is 4.29. The first-order chi connectivity index (χ1) is 22.9. The van der Waals surface area contributed by atoms with Crippen molar-refractivity contribution in [2.45, 2.75) is 79.3 Å². The highest BCUT2D eigenvalue weighted by Gasteiger charge is 2.32. The van der Waals surface area contributed by atoms with Gasteiger partial charge in [0.1, 0.15) is 12.4 Å². The SMILES string of the molecule is Cc1cccc(C)c1-c1cc2nc(n1)NS(=O)(=O)c1cccc(c1)C(=O)N(Cc1ncc(N(C)CC(C)(C)C)cn1)[C@H](CC(C)(C)C)CO2.Cl. The number of hydrogen-bond acceptors (Lipinski definition) is 9.